The Balaban J connectivity index is 2.10. The van der Waals surface area contributed by atoms with Crippen LogP contribution in [0.15, 0.2) is 39.5 Å². The van der Waals surface area contributed by atoms with Crippen molar-refractivity contribution in [3.63, 3.8) is 0 Å². The van der Waals surface area contributed by atoms with Gasteiger partial charge in [0, 0.05) is 6.42 Å². The second-order valence-corrected chi connectivity index (χ2v) is 5.82. The molecular formula is C12H10BrFOS. The van der Waals surface area contributed by atoms with Crippen LogP contribution in [0.3, 0.4) is 0 Å². The van der Waals surface area contributed by atoms with Crippen molar-refractivity contribution in [2.24, 2.45) is 0 Å². The molecular weight excluding hydrogens is 291 g/mol. The van der Waals surface area contributed by atoms with E-state index >= 15 is 0 Å². The number of aliphatic hydroxyl groups excluding tert-OH is 1. The molecule has 0 spiro atoms. The molecule has 16 heavy (non-hydrogen) atoms. The number of halogens is 2. The largest absolute Gasteiger partial charge is 0.388 e. The van der Waals surface area contributed by atoms with Crippen LogP contribution >= 0.6 is 27.3 Å². The Morgan fingerprint density at radius 2 is 2.19 bits per heavy atom. The molecule has 0 bridgehead atoms. The van der Waals surface area contributed by atoms with Gasteiger partial charge in [0.1, 0.15) is 5.82 Å². The maximum Gasteiger partial charge on any atom is 0.123 e. The molecule has 1 nitrogen and oxygen atoms in total. The Labute approximate surface area is 106 Å². The Hall–Kier alpha value is -0.710. The van der Waals surface area contributed by atoms with Crippen LogP contribution in [-0.2, 0) is 6.42 Å². The fourth-order valence-corrected chi connectivity index (χ4v) is 2.73. The maximum absolute atomic E-state index is 12.9. The number of aliphatic hydroxyl groups is 1. The van der Waals surface area contributed by atoms with E-state index in [4.69, 9.17) is 0 Å². The molecule has 0 aliphatic heterocycles. The van der Waals surface area contributed by atoms with Crippen molar-refractivity contribution in [1.29, 1.82) is 0 Å². The second kappa shape index (κ2) is 5.08. The smallest absolute Gasteiger partial charge is 0.123 e. The van der Waals surface area contributed by atoms with E-state index in [1.54, 1.807) is 6.07 Å². The average Bonchev–Trinajstić information content (AvgIpc) is 2.65. The molecule has 0 fully saturated rings. The minimum Gasteiger partial charge on any atom is -0.388 e. The molecule has 84 valence electrons. The molecule has 0 radical (unpaired) electrons. The van der Waals surface area contributed by atoms with E-state index in [1.165, 1.54) is 23.5 Å². The summed E-state index contributed by atoms with van der Waals surface area (Å²) >= 11 is 4.87. The fourth-order valence-electron chi connectivity index (χ4n) is 1.50. The first-order valence-corrected chi connectivity index (χ1v) is 6.49. The Morgan fingerprint density at radius 3 is 2.81 bits per heavy atom. The van der Waals surface area contributed by atoms with Crippen LogP contribution < -0.4 is 0 Å². The highest BCUT2D eigenvalue weighted by Gasteiger charge is 2.10. The number of hydrogen-bond acceptors (Lipinski definition) is 2. The predicted molar refractivity (Wildman–Crippen MR) is 67.1 cm³/mol. The molecule has 0 aliphatic carbocycles. The van der Waals surface area contributed by atoms with Crippen LogP contribution in [0, 0.1) is 5.82 Å². The lowest BCUT2D eigenvalue weighted by Gasteiger charge is -2.08. The zero-order chi connectivity index (χ0) is 11.5. The van der Waals surface area contributed by atoms with Crippen molar-refractivity contribution in [2.75, 3.05) is 0 Å². The van der Waals surface area contributed by atoms with E-state index in [2.05, 4.69) is 15.9 Å². The maximum atomic E-state index is 12.9. The topological polar surface area (TPSA) is 20.2 Å². The summed E-state index contributed by atoms with van der Waals surface area (Å²) in [6.07, 6.45) is -0.148. The van der Waals surface area contributed by atoms with Gasteiger partial charge in [0.2, 0.25) is 0 Å². The number of hydrogen-bond donors (Lipinski definition) is 1. The Morgan fingerprint density at radius 1 is 1.38 bits per heavy atom. The van der Waals surface area contributed by atoms with Gasteiger partial charge in [-0.25, -0.2) is 4.39 Å². The third-order valence-corrected chi connectivity index (χ3v) is 3.81. The van der Waals surface area contributed by atoms with E-state index in [0.29, 0.717) is 6.42 Å². The highest BCUT2D eigenvalue weighted by molar-refractivity contribution is 9.11. The van der Waals surface area contributed by atoms with Crippen LogP contribution in [0.25, 0.3) is 0 Å². The molecule has 1 heterocycles. The van der Waals surface area contributed by atoms with Gasteiger partial charge in [-0.2, -0.15) is 0 Å². The van der Waals surface area contributed by atoms with Crippen LogP contribution in [0.5, 0.6) is 0 Å². The minimum absolute atomic E-state index is 0.267. The summed E-state index contributed by atoms with van der Waals surface area (Å²) in [6.45, 7) is 0. The first kappa shape index (κ1) is 11.8. The molecule has 0 aliphatic rings. The molecule has 1 aromatic heterocycles. The van der Waals surface area contributed by atoms with E-state index in [0.717, 1.165) is 14.9 Å². The summed E-state index contributed by atoms with van der Waals surface area (Å²) < 4.78 is 13.9. The van der Waals surface area contributed by atoms with E-state index in [1.807, 2.05) is 17.5 Å². The van der Waals surface area contributed by atoms with Gasteiger partial charge in [-0.1, -0.05) is 12.1 Å². The third kappa shape index (κ3) is 2.90. The fraction of sp³-hybridized carbons (Fsp3) is 0.167. The zero-order valence-corrected chi connectivity index (χ0v) is 10.8. The summed E-state index contributed by atoms with van der Waals surface area (Å²) in [5.74, 6) is -0.267. The van der Waals surface area contributed by atoms with Crippen molar-refractivity contribution in [1.82, 2.24) is 0 Å². The summed E-state index contributed by atoms with van der Waals surface area (Å²) in [6, 6.07) is 8.20. The molecule has 2 rings (SSSR count). The molecule has 0 saturated carbocycles. The lowest BCUT2D eigenvalue weighted by molar-refractivity contribution is 0.179. The van der Waals surface area contributed by atoms with Gasteiger partial charge < -0.3 is 5.11 Å². The van der Waals surface area contributed by atoms with Crippen molar-refractivity contribution in [3.05, 3.63) is 56.4 Å². The molecule has 1 N–H and O–H groups in total. The van der Waals surface area contributed by atoms with Crippen molar-refractivity contribution in [2.45, 2.75) is 12.5 Å². The predicted octanol–water partition coefficient (Wildman–Crippen LogP) is 3.93. The molecule has 1 aromatic carbocycles. The summed E-state index contributed by atoms with van der Waals surface area (Å²) in [7, 11) is 0. The molecule has 1 unspecified atom stereocenters. The molecule has 2 aromatic rings. The zero-order valence-electron chi connectivity index (χ0n) is 8.36. The van der Waals surface area contributed by atoms with E-state index in [9.17, 15) is 9.50 Å². The monoisotopic (exact) mass is 300 g/mol. The first-order valence-electron chi connectivity index (χ1n) is 4.81. The number of benzene rings is 1. The van der Waals surface area contributed by atoms with Crippen LogP contribution in [-0.4, -0.2) is 5.11 Å². The first-order chi connectivity index (χ1) is 7.65. The lowest BCUT2D eigenvalue weighted by atomic mass is 10.0. The van der Waals surface area contributed by atoms with Gasteiger partial charge in [-0.15, -0.1) is 11.3 Å². The third-order valence-electron chi connectivity index (χ3n) is 2.29. The normalized spacial score (nSPS) is 12.7. The van der Waals surface area contributed by atoms with Gasteiger partial charge in [0.15, 0.2) is 0 Å². The Kier molecular flexibility index (Phi) is 3.74. The van der Waals surface area contributed by atoms with Crippen molar-refractivity contribution < 1.29 is 9.50 Å². The number of thiophene rings is 1. The molecule has 1 atom stereocenters. The van der Waals surface area contributed by atoms with Crippen molar-refractivity contribution >= 4 is 27.3 Å². The second-order valence-electron chi connectivity index (χ2n) is 3.53. The quantitative estimate of drug-likeness (QED) is 0.911. The van der Waals surface area contributed by atoms with E-state index in [-0.39, 0.29) is 5.82 Å². The molecule has 0 saturated heterocycles. The SMILES string of the molecule is OC(Cc1cccc(F)c1)c1csc(Br)c1. The van der Waals surface area contributed by atoms with Crippen LogP contribution in [0.4, 0.5) is 4.39 Å². The molecule has 0 amide bonds. The minimum atomic E-state index is -0.579. The highest BCUT2D eigenvalue weighted by Crippen LogP contribution is 2.27. The summed E-state index contributed by atoms with van der Waals surface area (Å²) in [5, 5.41) is 11.8. The van der Waals surface area contributed by atoms with Gasteiger partial charge in [-0.05, 0) is 50.6 Å². The Bertz CT molecular complexity index is 483. The number of rotatable bonds is 3. The van der Waals surface area contributed by atoms with Gasteiger partial charge in [-0.3, -0.25) is 0 Å². The standard InChI is InChI=1S/C12H10BrFOS/c13-12-6-9(7-16-12)11(15)5-8-2-1-3-10(14)4-8/h1-4,6-7,11,15H,5H2. The van der Waals surface area contributed by atoms with Gasteiger partial charge in [0.25, 0.3) is 0 Å². The van der Waals surface area contributed by atoms with Crippen LogP contribution in [0.2, 0.25) is 0 Å². The van der Waals surface area contributed by atoms with Crippen molar-refractivity contribution in [3.8, 4) is 0 Å². The van der Waals surface area contributed by atoms with Gasteiger partial charge in [0.05, 0.1) is 9.89 Å². The van der Waals surface area contributed by atoms with Crippen LogP contribution in [0.1, 0.15) is 17.2 Å². The average molecular weight is 301 g/mol. The summed E-state index contributed by atoms with van der Waals surface area (Å²) in [4.78, 5) is 0. The highest BCUT2D eigenvalue weighted by atomic mass is 79.9. The lowest BCUT2D eigenvalue weighted by Crippen LogP contribution is -2.00. The van der Waals surface area contributed by atoms with Gasteiger partial charge >= 0.3 is 0 Å². The van der Waals surface area contributed by atoms with E-state index < -0.39 is 6.10 Å². The summed E-state index contributed by atoms with van der Waals surface area (Å²) in [5.41, 5.74) is 1.66. The molecule has 4 heteroatoms.